The summed E-state index contributed by atoms with van der Waals surface area (Å²) in [4.78, 5) is 31.9. The number of aliphatic imine (C=N–C) groups is 1. The number of hydrogen-bond donors (Lipinski definition) is 5. The fourth-order valence-corrected chi connectivity index (χ4v) is 3.90. The number of carbonyl (C=O) groups is 2. The molecule has 3 aromatic rings. The summed E-state index contributed by atoms with van der Waals surface area (Å²) < 4.78 is 35.1. The minimum Gasteiger partial charge on any atom is -0.489 e. The van der Waals surface area contributed by atoms with Crippen molar-refractivity contribution in [3.63, 3.8) is 0 Å². The quantitative estimate of drug-likeness (QED) is 0.0900. The minimum atomic E-state index is -2.99. The van der Waals surface area contributed by atoms with Crippen molar-refractivity contribution in [2.75, 3.05) is 23.8 Å². The molecule has 2 amide bonds. The molecule has 4 rings (SSSR count). The summed E-state index contributed by atoms with van der Waals surface area (Å²) in [6.45, 7) is -0.217. The van der Waals surface area contributed by atoms with Crippen LogP contribution in [0.5, 0.6) is 11.5 Å². The van der Waals surface area contributed by atoms with Gasteiger partial charge in [-0.05, 0) is 68.4 Å². The Morgan fingerprint density at radius 3 is 2.38 bits per heavy atom. The lowest BCUT2D eigenvalue weighted by Crippen LogP contribution is -2.35. The highest BCUT2D eigenvalue weighted by molar-refractivity contribution is 6.39. The van der Waals surface area contributed by atoms with E-state index >= 15 is 0 Å². The SMILES string of the molecule is CC(N)=NCCCC[C@H](N)C(=O)Nc1nn[nH]n1.Cl.Cl.O.O=C(Nc1c(Cl)cncc1Cl)c1ccc(OC(F)F)c(OCC2CC2)c1. The molecule has 1 atom stereocenters. The van der Waals surface area contributed by atoms with Crippen molar-refractivity contribution in [3.05, 3.63) is 46.2 Å². The Morgan fingerprint density at radius 1 is 1.13 bits per heavy atom. The number of nitrogens with zero attached hydrogens (tertiary/aromatic N) is 5. The van der Waals surface area contributed by atoms with Crippen molar-refractivity contribution >= 4 is 77.3 Å². The van der Waals surface area contributed by atoms with Crippen molar-refractivity contribution in [2.45, 2.75) is 51.7 Å². The van der Waals surface area contributed by atoms with Gasteiger partial charge >= 0.3 is 6.61 Å². The highest BCUT2D eigenvalue weighted by Gasteiger charge is 2.24. The molecule has 262 valence electrons. The van der Waals surface area contributed by atoms with E-state index in [-0.39, 0.29) is 74.9 Å². The number of amidine groups is 1. The van der Waals surface area contributed by atoms with E-state index in [9.17, 15) is 18.4 Å². The zero-order chi connectivity index (χ0) is 32.1. The van der Waals surface area contributed by atoms with Crippen LogP contribution < -0.4 is 31.6 Å². The molecule has 1 aromatic carbocycles. The second-order valence-corrected chi connectivity index (χ2v) is 10.4. The number of amides is 2. The summed E-state index contributed by atoms with van der Waals surface area (Å²) in [5.74, 6) is 0.193. The number of nitrogens with one attached hydrogen (secondary N) is 3. The first-order valence-electron chi connectivity index (χ1n) is 13.4. The highest BCUT2D eigenvalue weighted by Crippen LogP contribution is 2.35. The van der Waals surface area contributed by atoms with E-state index in [1.54, 1.807) is 6.92 Å². The zero-order valence-electron chi connectivity index (χ0n) is 24.9. The molecular weight excluding hydrogens is 712 g/mol. The van der Waals surface area contributed by atoms with E-state index in [2.05, 4.69) is 46.0 Å². The average Bonchev–Trinajstić information content (AvgIpc) is 3.67. The van der Waals surface area contributed by atoms with E-state index in [1.165, 1.54) is 30.6 Å². The summed E-state index contributed by atoms with van der Waals surface area (Å²) >= 11 is 12.0. The number of ether oxygens (including phenoxy) is 2. The van der Waals surface area contributed by atoms with Crippen LogP contribution in [0.1, 0.15) is 49.4 Å². The van der Waals surface area contributed by atoms with Crippen molar-refractivity contribution < 1.29 is 33.3 Å². The van der Waals surface area contributed by atoms with E-state index < -0.39 is 18.6 Å². The lowest BCUT2D eigenvalue weighted by atomic mass is 10.1. The molecule has 0 aliphatic heterocycles. The van der Waals surface area contributed by atoms with Gasteiger partial charge in [0, 0.05) is 24.5 Å². The van der Waals surface area contributed by atoms with Gasteiger partial charge in [0.15, 0.2) is 11.5 Å². The molecule has 0 spiro atoms. The van der Waals surface area contributed by atoms with Crippen LogP contribution >= 0.6 is 48.0 Å². The number of H-pyrrole nitrogens is 1. The van der Waals surface area contributed by atoms with Gasteiger partial charge < -0.3 is 31.7 Å². The number of aromatic nitrogens is 5. The number of anilines is 2. The van der Waals surface area contributed by atoms with E-state index in [4.69, 9.17) is 39.4 Å². The standard InChI is InChI=1S/C17H14Cl2F2N2O3.C9H18N8O.2ClH.H2O/c18-11-6-22-7-12(19)15(11)23-16(24)10-3-4-13(26-17(20)21)14(5-10)25-8-9-1-2-9;1-6(10)12-5-3-2-4-7(11)8(18)13-9-14-16-17-15-9;;;/h3-7,9,17H,1-2,8H2,(H,22,23,24);7H,2-5,11H2,1H3,(H2,10,12)(H2,13,14,15,16,17,18);2*1H;1H2/t;7-;;;/m.0.../s1. The number of rotatable bonds is 14. The van der Waals surface area contributed by atoms with E-state index in [0.717, 1.165) is 25.7 Å². The first kappa shape index (κ1) is 43.4. The van der Waals surface area contributed by atoms with E-state index in [0.29, 0.717) is 31.3 Å². The zero-order valence-corrected chi connectivity index (χ0v) is 28.1. The summed E-state index contributed by atoms with van der Waals surface area (Å²) in [6, 6.07) is 3.36. The maximum absolute atomic E-state index is 12.6. The van der Waals surface area contributed by atoms with Crippen LogP contribution in [0.2, 0.25) is 10.0 Å². The molecule has 9 N–H and O–H groups in total. The molecule has 15 nitrogen and oxygen atoms in total. The van der Waals surface area contributed by atoms with Crippen LogP contribution in [-0.4, -0.2) is 74.5 Å². The topological polar surface area (TPSA) is 240 Å². The molecule has 47 heavy (non-hydrogen) atoms. The Bertz CT molecular complexity index is 1400. The molecule has 0 unspecified atom stereocenters. The number of unbranched alkanes of at least 4 members (excludes halogenated alkanes) is 1. The monoisotopic (exact) mass is 746 g/mol. The molecule has 0 radical (unpaired) electrons. The fraction of sp³-hybridized carbons (Fsp3) is 0.423. The van der Waals surface area contributed by atoms with Crippen molar-refractivity contribution in [3.8, 4) is 11.5 Å². The summed E-state index contributed by atoms with van der Waals surface area (Å²) in [5, 5.41) is 18.1. The molecular formula is C26H36Cl4F2N10O5. The van der Waals surface area contributed by atoms with Crippen LogP contribution in [0.25, 0.3) is 0 Å². The Hall–Kier alpha value is -3.61. The molecule has 1 aliphatic rings. The maximum Gasteiger partial charge on any atom is 0.387 e. The van der Waals surface area contributed by atoms with Gasteiger partial charge in [-0.25, -0.2) is 0 Å². The lowest BCUT2D eigenvalue weighted by molar-refractivity contribution is -0.117. The summed E-state index contributed by atoms with van der Waals surface area (Å²) in [6.07, 6.45) is 6.96. The Labute approximate surface area is 291 Å². The molecule has 1 fully saturated rings. The van der Waals surface area contributed by atoms with Gasteiger partial charge in [0.2, 0.25) is 5.91 Å². The Kier molecular flexibility index (Phi) is 20.4. The van der Waals surface area contributed by atoms with Crippen LogP contribution in [0, 0.1) is 5.92 Å². The molecule has 0 bridgehead atoms. The number of alkyl halides is 2. The second-order valence-electron chi connectivity index (χ2n) is 9.58. The maximum atomic E-state index is 12.6. The number of carbonyl (C=O) groups excluding carboxylic acids is 2. The number of hydrogen-bond acceptors (Lipinski definition) is 10. The minimum absolute atomic E-state index is 0. The number of aromatic amines is 1. The van der Waals surface area contributed by atoms with Crippen LogP contribution in [0.15, 0.2) is 35.6 Å². The van der Waals surface area contributed by atoms with Gasteiger partial charge in [0.05, 0.1) is 34.2 Å². The van der Waals surface area contributed by atoms with Gasteiger partial charge in [0.25, 0.3) is 11.9 Å². The third kappa shape index (κ3) is 15.7. The van der Waals surface area contributed by atoms with Crippen LogP contribution in [-0.2, 0) is 4.79 Å². The van der Waals surface area contributed by atoms with Gasteiger partial charge in [-0.15, -0.1) is 29.9 Å². The van der Waals surface area contributed by atoms with Crippen LogP contribution in [0.4, 0.5) is 20.4 Å². The normalized spacial score (nSPS) is 12.6. The van der Waals surface area contributed by atoms with Crippen molar-refractivity contribution in [1.29, 1.82) is 0 Å². The predicted molar refractivity (Wildman–Crippen MR) is 178 cm³/mol. The number of benzene rings is 1. The fourth-order valence-electron chi connectivity index (χ4n) is 3.44. The van der Waals surface area contributed by atoms with Crippen molar-refractivity contribution in [1.82, 2.24) is 25.6 Å². The van der Waals surface area contributed by atoms with Gasteiger partial charge in [-0.2, -0.15) is 14.0 Å². The number of halogens is 6. The average molecular weight is 748 g/mol. The predicted octanol–water partition coefficient (Wildman–Crippen LogP) is 4.06. The lowest BCUT2D eigenvalue weighted by Gasteiger charge is -2.14. The Morgan fingerprint density at radius 2 is 1.81 bits per heavy atom. The summed E-state index contributed by atoms with van der Waals surface area (Å²) in [7, 11) is 0. The molecule has 21 heteroatoms. The second kappa shape index (κ2) is 22.0. The molecule has 1 aliphatic carbocycles. The van der Waals surface area contributed by atoms with Gasteiger partial charge in [0.1, 0.15) is 0 Å². The highest BCUT2D eigenvalue weighted by atomic mass is 35.5. The van der Waals surface area contributed by atoms with E-state index in [1.807, 2.05) is 0 Å². The number of nitrogens with two attached hydrogens (primary N) is 2. The summed E-state index contributed by atoms with van der Waals surface area (Å²) in [5.41, 5.74) is 11.5. The van der Waals surface area contributed by atoms with Crippen molar-refractivity contribution in [2.24, 2.45) is 22.4 Å². The molecule has 1 saturated carbocycles. The smallest absolute Gasteiger partial charge is 0.387 e. The molecule has 2 aromatic heterocycles. The number of tetrazole rings is 1. The largest absolute Gasteiger partial charge is 0.489 e. The Balaban J connectivity index is 0.000000899. The van der Waals surface area contributed by atoms with Crippen LogP contribution in [0.3, 0.4) is 0 Å². The third-order valence-corrected chi connectivity index (χ3v) is 6.46. The van der Waals surface area contributed by atoms with Gasteiger partial charge in [-0.1, -0.05) is 28.3 Å². The van der Waals surface area contributed by atoms with Gasteiger partial charge in [-0.3, -0.25) is 24.9 Å². The molecule has 0 saturated heterocycles. The molecule has 2 heterocycles. The third-order valence-electron chi connectivity index (χ3n) is 5.89. The first-order valence-corrected chi connectivity index (χ1v) is 14.2. The number of pyridine rings is 1. The first-order chi connectivity index (χ1) is 21.0.